The van der Waals surface area contributed by atoms with Gasteiger partial charge < -0.3 is 21.8 Å². The van der Waals surface area contributed by atoms with Crippen LogP contribution in [0.4, 0.5) is 11.5 Å². The molecule has 0 radical (unpaired) electrons. The Bertz CT molecular complexity index is 1920. The number of hydrogen-bond donors (Lipinski definition) is 6. The highest BCUT2D eigenvalue weighted by atomic mass is 35.5. The fraction of sp³-hybridized carbons (Fsp3) is 0.281. The molecule has 0 aliphatic heterocycles. The number of sulfonamides is 1. The monoisotopic (exact) mass is 646 g/mol. The van der Waals surface area contributed by atoms with E-state index in [-0.39, 0.29) is 16.7 Å². The lowest BCUT2D eigenvalue weighted by Gasteiger charge is -2.28. The Hall–Kier alpha value is -4.39. The number of rotatable bonds is 10. The number of carbonyl (C=O) groups excluding carboxylic acids is 1. The number of aromatic nitrogens is 4. The molecule has 8 N–H and O–H groups in total. The summed E-state index contributed by atoms with van der Waals surface area (Å²) < 4.78 is 28.6. The summed E-state index contributed by atoms with van der Waals surface area (Å²) in [6, 6.07) is 20.3. The average Bonchev–Trinajstić information content (AvgIpc) is 3.62. The molecule has 2 heterocycles. The number of anilines is 2. The molecule has 0 saturated heterocycles. The van der Waals surface area contributed by atoms with Gasteiger partial charge in [0.05, 0.1) is 16.5 Å². The third-order valence-corrected chi connectivity index (χ3v) is 10.1. The van der Waals surface area contributed by atoms with E-state index in [0.717, 1.165) is 47.7 Å². The Morgan fingerprint density at radius 3 is 2.56 bits per heavy atom. The summed E-state index contributed by atoms with van der Waals surface area (Å²) in [4.78, 5) is 21.7. The number of aromatic amines is 2. The van der Waals surface area contributed by atoms with Crippen LogP contribution >= 0.6 is 11.6 Å². The molecule has 45 heavy (non-hydrogen) atoms. The number of hydrogen-bond acceptors (Lipinski definition) is 7. The summed E-state index contributed by atoms with van der Waals surface area (Å²) in [6.45, 7) is 0.631. The first-order valence-corrected chi connectivity index (χ1v) is 16.7. The highest BCUT2D eigenvalue weighted by Crippen LogP contribution is 2.33. The number of nitrogens with two attached hydrogens (primary N) is 2. The lowest BCUT2D eigenvalue weighted by atomic mass is 9.81. The predicted molar refractivity (Wildman–Crippen MR) is 176 cm³/mol. The van der Waals surface area contributed by atoms with E-state index in [0.29, 0.717) is 47.1 Å². The van der Waals surface area contributed by atoms with E-state index in [9.17, 15) is 13.2 Å². The van der Waals surface area contributed by atoms with E-state index in [1.165, 1.54) is 12.1 Å². The van der Waals surface area contributed by atoms with Gasteiger partial charge in [-0.25, -0.2) is 13.4 Å². The van der Waals surface area contributed by atoms with Gasteiger partial charge in [0.15, 0.2) is 5.82 Å². The number of nitrogens with one attached hydrogen (secondary N) is 4. The number of nitrogens with zero attached hydrogens (tertiary/aromatic N) is 2. The molecule has 1 aliphatic rings. The molecule has 3 aromatic carbocycles. The van der Waals surface area contributed by atoms with Crippen LogP contribution in [0.5, 0.6) is 0 Å². The van der Waals surface area contributed by atoms with Crippen molar-refractivity contribution in [2.75, 3.05) is 17.0 Å². The van der Waals surface area contributed by atoms with Crippen molar-refractivity contribution < 1.29 is 13.2 Å². The Morgan fingerprint density at radius 2 is 1.80 bits per heavy atom. The standard InChI is InChI=1S/C32H35ClN8O3S/c33-29-28(22-13-14-25-26(17-22)39-40-30(25)35)37-31(38-29)27(36-32(42)21-11-9-19(18-34)10-12-21)16-20-5-4-6-23(15-20)41-45(43,44)24-7-2-1-3-8-24/h1-8,13-15,17,19,21,27,41H,9-12,16,18,34H2,(H,36,42)(H,37,38)(H3,35,39,40)/t19?,21?,27-/m0/s1. The number of imidazole rings is 1. The minimum absolute atomic E-state index is 0.0557. The van der Waals surface area contributed by atoms with E-state index in [2.05, 4.69) is 25.2 Å². The van der Waals surface area contributed by atoms with Gasteiger partial charge in [0.25, 0.3) is 10.0 Å². The molecule has 1 aliphatic carbocycles. The molecule has 1 amide bonds. The van der Waals surface area contributed by atoms with Crippen molar-refractivity contribution >= 4 is 49.9 Å². The quantitative estimate of drug-likeness (QED) is 0.121. The first-order valence-electron chi connectivity index (χ1n) is 14.9. The van der Waals surface area contributed by atoms with Gasteiger partial charge in [-0.2, -0.15) is 5.10 Å². The van der Waals surface area contributed by atoms with Crippen LogP contribution in [0, 0.1) is 11.8 Å². The molecule has 1 atom stereocenters. The van der Waals surface area contributed by atoms with Gasteiger partial charge in [-0.15, -0.1) is 0 Å². The molecule has 11 nitrogen and oxygen atoms in total. The summed E-state index contributed by atoms with van der Waals surface area (Å²) in [6.07, 6.45) is 3.72. The van der Waals surface area contributed by atoms with Gasteiger partial charge in [0, 0.05) is 22.6 Å². The fourth-order valence-corrected chi connectivity index (χ4v) is 7.21. The Morgan fingerprint density at radius 1 is 1.02 bits per heavy atom. The minimum Gasteiger partial charge on any atom is -0.382 e. The number of fused-ring (bicyclic) bond motifs is 1. The lowest BCUT2D eigenvalue weighted by Crippen LogP contribution is -2.37. The van der Waals surface area contributed by atoms with Crippen molar-refractivity contribution in [3.8, 4) is 11.3 Å². The molecule has 2 aromatic heterocycles. The number of amides is 1. The molecule has 1 saturated carbocycles. The van der Waals surface area contributed by atoms with Gasteiger partial charge in [-0.05, 0) is 86.5 Å². The van der Waals surface area contributed by atoms with Crippen molar-refractivity contribution in [3.63, 3.8) is 0 Å². The van der Waals surface area contributed by atoms with Crippen LogP contribution in [0.15, 0.2) is 77.7 Å². The zero-order valence-corrected chi connectivity index (χ0v) is 26.0. The SMILES string of the molecule is NCC1CCC(C(=O)N[C@@H](Cc2cccc(NS(=O)(=O)c3ccccc3)c2)c2nc(-c3ccc4c(N)n[nH]c4c3)c(Cl)[nH]2)CC1. The van der Waals surface area contributed by atoms with Crippen molar-refractivity contribution in [2.24, 2.45) is 17.6 Å². The van der Waals surface area contributed by atoms with Gasteiger partial charge in [0.2, 0.25) is 5.91 Å². The summed E-state index contributed by atoms with van der Waals surface area (Å²) in [7, 11) is -3.78. The van der Waals surface area contributed by atoms with Crippen molar-refractivity contribution in [2.45, 2.75) is 43.0 Å². The molecule has 1 fully saturated rings. The normalized spacial score (nSPS) is 17.6. The van der Waals surface area contributed by atoms with Crippen LogP contribution in [0.25, 0.3) is 22.2 Å². The molecule has 5 aromatic rings. The van der Waals surface area contributed by atoms with Crippen LogP contribution in [0.1, 0.15) is 43.1 Å². The van der Waals surface area contributed by atoms with E-state index >= 15 is 0 Å². The highest BCUT2D eigenvalue weighted by Gasteiger charge is 2.29. The topological polar surface area (TPSA) is 185 Å². The number of benzene rings is 3. The Kier molecular flexibility index (Phi) is 8.79. The van der Waals surface area contributed by atoms with Crippen LogP contribution in [0.3, 0.4) is 0 Å². The maximum absolute atomic E-state index is 13.6. The molecular formula is C32H35ClN8O3S. The van der Waals surface area contributed by atoms with E-state index in [1.807, 2.05) is 24.3 Å². The summed E-state index contributed by atoms with van der Waals surface area (Å²) >= 11 is 6.69. The predicted octanol–water partition coefficient (Wildman–Crippen LogP) is 5.15. The second-order valence-electron chi connectivity index (χ2n) is 11.5. The third kappa shape index (κ3) is 6.82. The molecule has 0 bridgehead atoms. The van der Waals surface area contributed by atoms with Crippen LogP contribution < -0.4 is 21.5 Å². The molecule has 6 rings (SSSR count). The second kappa shape index (κ2) is 12.9. The van der Waals surface area contributed by atoms with Crippen molar-refractivity contribution in [3.05, 3.63) is 89.3 Å². The Labute approximate surface area is 266 Å². The van der Waals surface area contributed by atoms with Crippen molar-refractivity contribution in [1.29, 1.82) is 0 Å². The average molecular weight is 647 g/mol. The zero-order chi connectivity index (χ0) is 31.6. The molecule has 0 spiro atoms. The highest BCUT2D eigenvalue weighted by molar-refractivity contribution is 7.92. The first kappa shape index (κ1) is 30.6. The smallest absolute Gasteiger partial charge is 0.261 e. The summed E-state index contributed by atoms with van der Waals surface area (Å²) in [5, 5.41) is 11.3. The molecule has 234 valence electrons. The van der Waals surface area contributed by atoms with Crippen molar-refractivity contribution in [1.82, 2.24) is 25.5 Å². The molecule has 13 heteroatoms. The first-order chi connectivity index (χ1) is 21.7. The number of nitrogen functional groups attached to an aromatic ring is 1. The number of halogens is 1. The maximum Gasteiger partial charge on any atom is 0.261 e. The molecule has 0 unspecified atom stereocenters. The number of H-pyrrole nitrogens is 2. The maximum atomic E-state index is 13.6. The van der Waals surface area contributed by atoms with Gasteiger partial charge in [-0.3, -0.25) is 14.6 Å². The van der Waals surface area contributed by atoms with E-state index < -0.39 is 16.1 Å². The number of carbonyl (C=O) groups is 1. The van der Waals surface area contributed by atoms with Crippen LogP contribution in [-0.2, 0) is 21.2 Å². The van der Waals surface area contributed by atoms with E-state index in [4.69, 9.17) is 28.1 Å². The summed E-state index contributed by atoms with van der Waals surface area (Å²) in [5.41, 5.74) is 15.0. The van der Waals surface area contributed by atoms with Gasteiger partial charge in [-0.1, -0.05) is 48.0 Å². The minimum atomic E-state index is -3.78. The second-order valence-corrected chi connectivity index (χ2v) is 13.6. The van der Waals surface area contributed by atoms with E-state index in [1.54, 1.807) is 36.4 Å². The summed E-state index contributed by atoms with van der Waals surface area (Å²) in [5.74, 6) is 1.15. The Balaban J connectivity index is 1.28. The van der Waals surface area contributed by atoms with Crippen LogP contribution in [0.2, 0.25) is 5.15 Å². The molecular weight excluding hydrogens is 612 g/mol. The van der Waals surface area contributed by atoms with Gasteiger partial charge >= 0.3 is 0 Å². The zero-order valence-electron chi connectivity index (χ0n) is 24.5. The third-order valence-electron chi connectivity index (χ3n) is 8.41. The van der Waals surface area contributed by atoms with Crippen LogP contribution in [-0.4, -0.2) is 41.0 Å². The fourth-order valence-electron chi connectivity index (χ4n) is 5.89. The van der Waals surface area contributed by atoms with Gasteiger partial charge in [0.1, 0.15) is 16.7 Å². The lowest BCUT2D eigenvalue weighted by molar-refractivity contribution is -0.127. The largest absolute Gasteiger partial charge is 0.382 e.